The van der Waals surface area contributed by atoms with Crippen LogP contribution in [0.2, 0.25) is 10.4 Å². The highest BCUT2D eigenvalue weighted by Gasteiger charge is 2.08. The molecule has 0 amide bonds. The zero-order valence-electron chi connectivity index (χ0n) is 7.46. The molecule has 0 aromatic carbocycles. The van der Waals surface area contributed by atoms with Crippen LogP contribution in [0.5, 0.6) is 0 Å². The molecule has 2 rings (SSSR count). The molecule has 0 spiro atoms. The number of halogens is 2. The molecule has 72 valence electrons. The van der Waals surface area contributed by atoms with Gasteiger partial charge in [-0.2, -0.15) is 4.98 Å². The predicted molar refractivity (Wildman–Crippen MR) is 56.7 cm³/mol. The molecular weight excluding hydrogens is 221 g/mol. The topological polar surface area (TPSA) is 38.7 Å². The number of hydrogen-bond acceptors (Lipinski definition) is 3. The summed E-state index contributed by atoms with van der Waals surface area (Å²) in [5, 5.41) is 1.29. The van der Waals surface area contributed by atoms with E-state index in [2.05, 4.69) is 15.0 Å². The maximum absolute atomic E-state index is 5.97. The Balaban J connectivity index is 2.87. The standard InChI is InChI=1S/C9H7Cl2N3/c1-2-5-3-4-12-8-6(5)7(10)13-9(11)14-8/h3-4H,2H2,1H3. The van der Waals surface area contributed by atoms with E-state index in [-0.39, 0.29) is 5.28 Å². The van der Waals surface area contributed by atoms with E-state index in [0.29, 0.717) is 10.8 Å². The van der Waals surface area contributed by atoms with Crippen molar-refractivity contribution in [2.75, 3.05) is 0 Å². The molecule has 0 fully saturated rings. The third kappa shape index (κ3) is 1.53. The molecule has 0 atom stereocenters. The summed E-state index contributed by atoms with van der Waals surface area (Å²) in [7, 11) is 0. The van der Waals surface area contributed by atoms with E-state index in [9.17, 15) is 0 Å². The highest BCUT2D eigenvalue weighted by molar-refractivity contribution is 6.35. The minimum Gasteiger partial charge on any atom is -0.236 e. The van der Waals surface area contributed by atoms with Gasteiger partial charge in [0.05, 0.1) is 5.39 Å². The van der Waals surface area contributed by atoms with E-state index in [0.717, 1.165) is 17.4 Å². The van der Waals surface area contributed by atoms with E-state index < -0.39 is 0 Å². The number of aromatic nitrogens is 3. The van der Waals surface area contributed by atoms with Crippen molar-refractivity contribution in [1.29, 1.82) is 0 Å². The lowest BCUT2D eigenvalue weighted by Crippen LogP contribution is -1.93. The highest BCUT2D eigenvalue weighted by Crippen LogP contribution is 2.24. The average Bonchev–Trinajstić information content (AvgIpc) is 2.16. The summed E-state index contributed by atoms with van der Waals surface area (Å²) in [6, 6.07) is 1.91. The van der Waals surface area contributed by atoms with Gasteiger partial charge >= 0.3 is 0 Å². The SMILES string of the molecule is CCc1ccnc2nc(Cl)nc(Cl)c12. The molecule has 14 heavy (non-hydrogen) atoms. The molecule has 2 aromatic rings. The van der Waals surface area contributed by atoms with Gasteiger partial charge < -0.3 is 0 Å². The second kappa shape index (κ2) is 3.67. The number of fused-ring (bicyclic) bond motifs is 1. The largest absolute Gasteiger partial charge is 0.236 e. The molecule has 0 N–H and O–H groups in total. The first-order valence-corrected chi connectivity index (χ1v) is 4.94. The van der Waals surface area contributed by atoms with Gasteiger partial charge in [-0.1, -0.05) is 18.5 Å². The summed E-state index contributed by atoms with van der Waals surface area (Å²) in [5.74, 6) is 0. The molecule has 0 aliphatic carbocycles. The Morgan fingerprint density at radius 2 is 2.07 bits per heavy atom. The molecule has 0 radical (unpaired) electrons. The molecule has 0 saturated heterocycles. The van der Waals surface area contributed by atoms with Crippen molar-refractivity contribution in [3.05, 3.63) is 28.3 Å². The van der Waals surface area contributed by atoms with Crippen molar-refractivity contribution >= 4 is 34.2 Å². The van der Waals surface area contributed by atoms with Crippen LogP contribution in [-0.4, -0.2) is 15.0 Å². The van der Waals surface area contributed by atoms with Gasteiger partial charge in [-0.3, -0.25) is 0 Å². The van der Waals surface area contributed by atoms with Crippen LogP contribution in [0.15, 0.2) is 12.3 Å². The Hall–Kier alpha value is -0.930. The lowest BCUT2D eigenvalue weighted by Gasteiger charge is -2.03. The number of hydrogen-bond donors (Lipinski definition) is 0. The molecule has 0 bridgehead atoms. The van der Waals surface area contributed by atoms with Crippen molar-refractivity contribution in [2.45, 2.75) is 13.3 Å². The third-order valence-electron chi connectivity index (χ3n) is 1.99. The maximum atomic E-state index is 5.97. The summed E-state index contributed by atoms with van der Waals surface area (Å²) < 4.78 is 0. The maximum Gasteiger partial charge on any atom is 0.225 e. The van der Waals surface area contributed by atoms with Gasteiger partial charge in [-0.15, -0.1) is 0 Å². The quantitative estimate of drug-likeness (QED) is 0.556. The fourth-order valence-electron chi connectivity index (χ4n) is 1.34. The van der Waals surface area contributed by atoms with Crippen molar-refractivity contribution < 1.29 is 0 Å². The molecule has 0 saturated carbocycles. The Morgan fingerprint density at radius 1 is 1.29 bits per heavy atom. The Labute approximate surface area is 91.1 Å². The van der Waals surface area contributed by atoms with Crippen LogP contribution in [0, 0.1) is 0 Å². The number of nitrogens with zero attached hydrogens (tertiary/aromatic N) is 3. The van der Waals surface area contributed by atoms with Gasteiger partial charge in [0.25, 0.3) is 0 Å². The molecule has 0 unspecified atom stereocenters. The summed E-state index contributed by atoms with van der Waals surface area (Å²) in [5.41, 5.74) is 1.63. The van der Waals surface area contributed by atoms with E-state index in [4.69, 9.17) is 23.2 Å². The second-order valence-corrected chi connectivity index (χ2v) is 3.50. The van der Waals surface area contributed by atoms with Gasteiger partial charge in [-0.05, 0) is 29.7 Å². The van der Waals surface area contributed by atoms with Crippen LogP contribution in [0.4, 0.5) is 0 Å². The zero-order valence-corrected chi connectivity index (χ0v) is 8.97. The number of aryl methyl sites for hydroxylation is 1. The predicted octanol–water partition coefficient (Wildman–Crippen LogP) is 2.89. The Bertz CT molecular complexity index is 485. The summed E-state index contributed by atoms with van der Waals surface area (Å²) >= 11 is 11.6. The minimum atomic E-state index is 0.128. The lowest BCUT2D eigenvalue weighted by molar-refractivity contribution is 1.12. The monoisotopic (exact) mass is 227 g/mol. The van der Waals surface area contributed by atoms with Gasteiger partial charge in [0.2, 0.25) is 5.28 Å². The fraction of sp³-hybridized carbons (Fsp3) is 0.222. The molecule has 3 nitrogen and oxygen atoms in total. The number of rotatable bonds is 1. The van der Waals surface area contributed by atoms with Crippen molar-refractivity contribution in [2.24, 2.45) is 0 Å². The van der Waals surface area contributed by atoms with Crippen LogP contribution in [0.25, 0.3) is 11.0 Å². The van der Waals surface area contributed by atoms with Gasteiger partial charge in [0.15, 0.2) is 5.65 Å². The molecule has 2 aromatic heterocycles. The fourth-order valence-corrected chi connectivity index (χ4v) is 1.84. The number of pyridine rings is 1. The van der Waals surface area contributed by atoms with E-state index in [1.807, 2.05) is 13.0 Å². The first-order chi connectivity index (χ1) is 6.72. The Morgan fingerprint density at radius 3 is 2.79 bits per heavy atom. The first kappa shape index (κ1) is 9.62. The normalized spacial score (nSPS) is 10.8. The summed E-state index contributed by atoms with van der Waals surface area (Å²) in [4.78, 5) is 12.0. The van der Waals surface area contributed by atoms with Crippen molar-refractivity contribution in [3.63, 3.8) is 0 Å². The van der Waals surface area contributed by atoms with Crippen LogP contribution in [0.1, 0.15) is 12.5 Å². The zero-order chi connectivity index (χ0) is 10.1. The van der Waals surface area contributed by atoms with Gasteiger partial charge in [-0.25, -0.2) is 9.97 Å². The highest BCUT2D eigenvalue weighted by atomic mass is 35.5. The van der Waals surface area contributed by atoms with E-state index in [1.54, 1.807) is 6.20 Å². The first-order valence-electron chi connectivity index (χ1n) is 4.19. The molecular formula is C9H7Cl2N3. The molecule has 5 heteroatoms. The minimum absolute atomic E-state index is 0.128. The molecule has 0 aliphatic rings. The van der Waals surface area contributed by atoms with Crippen LogP contribution in [-0.2, 0) is 6.42 Å². The molecule has 2 heterocycles. The van der Waals surface area contributed by atoms with Gasteiger partial charge in [0, 0.05) is 6.20 Å². The summed E-state index contributed by atoms with van der Waals surface area (Å²) in [6.07, 6.45) is 2.56. The van der Waals surface area contributed by atoms with Crippen LogP contribution in [0.3, 0.4) is 0 Å². The second-order valence-electron chi connectivity index (χ2n) is 2.81. The van der Waals surface area contributed by atoms with Gasteiger partial charge in [0.1, 0.15) is 5.15 Å². The van der Waals surface area contributed by atoms with E-state index >= 15 is 0 Å². The van der Waals surface area contributed by atoms with Crippen LogP contribution >= 0.6 is 23.2 Å². The molecule has 0 aliphatic heterocycles. The van der Waals surface area contributed by atoms with Crippen molar-refractivity contribution in [1.82, 2.24) is 15.0 Å². The summed E-state index contributed by atoms with van der Waals surface area (Å²) in [6.45, 7) is 2.04. The van der Waals surface area contributed by atoms with Crippen molar-refractivity contribution in [3.8, 4) is 0 Å². The third-order valence-corrected chi connectivity index (χ3v) is 2.44. The smallest absolute Gasteiger partial charge is 0.225 e. The van der Waals surface area contributed by atoms with E-state index in [1.165, 1.54) is 0 Å². The van der Waals surface area contributed by atoms with Crippen LogP contribution < -0.4 is 0 Å². The Kier molecular flexibility index (Phi) is 2.52. The average molecular weight is 228 g/mol. The lowest BCUT2D eigenvalue weighted by atomic mass is 10.1.